The highest BCUT2D eigenvalue weighted by Crippen LogP contribution is 2.47. The minimum atomic E-state index is -0.362. The van der Waals surface area contributed by atoms with Crippen molar-refractivity contribution in [3.8, 4) is 0 Å². The van der Waals surface area contributed by atoms with Crippen molar-refractivity contribution in [2.45, 2.75) is 13.3 Å². The van der Waals surface area contributed by atoms with Gasteiger partial charge in [-0.05, 0) is 24.2 Å². The van der Waals surface area contributed by atoms with Crippen molar-refractivity contribution in [3.63, 3.8) is 0 Å². The van der Waals surface area contributed by atoms with Gasteiger partial charge in [-0.1, -0.05) is 19.1 Å². The minimum absolute atomic E-state index is 0.0970. The summed E-state index contributed by atoms with van der Waals surface area (Å²) < 4.78 is 4.40. The third-order valence-electron chi connectivity index (χ3n) is 3.29. The fraction of sp³-hybridized carbons (Fsp3) is 0.600. The lowest BCUT2D eigenvalue weighted by Crippen LogP contribution is -2.27. The second kappa shape index (κ2) is 2.98. The number of hydrogen-bond acceptors (Lipinski definition) is 3. The largest absolute Gasteiger partial charge is 0.395 e. The summed E-state index contributed by atoms with van der Waals surface area (Å²) in [5.41, 5.74) is 0. The molecule has 3 nitrogen and oxygen atoms in total. The zero-order valence-corrected chi connectivity index (χ0v) is 7.47. The second-order valence-corrected chi connectivity index (χ2v) is 3.87. The summed E-state index contributed by atoms with van der Waals surface area (Å²) in [5.74, 6) is 0.670. The summed E-state index contributed by atoms with van der Waals surface area (Å²) in [7, 11) is 0. The van der Waals surface area contributed by atoms with Crippen molar-refractivity contribution in [3.05, 3.63) is 12.2 Å². The Morgan fingerprint density at radius 3 is 2.69 bits per heavy atom. The van der Waals surface area contributed by atoms with Gasteiger partial charge in [-0.15, -0.1) is 0 Å². The van der Waals surface area contributed by atoms with Crippen molar-refractivity contribution in [2.24, 2.45) is 23.7 Å². The van der Waals surface area contributed by atoms with Gasteiger partial charge in [-0.3, -0.25) is 9.59 Å². The Morgan fingerprint density at radius 1 is 1.46 bits per heavy atom. The van der Waals surface area contributed by atoms with Gasteiger partial charge < -0.3 is 4.74 Å². The number of rotatable bonds is 2. The number of ether oxygens (including phenoxy) is 1. The van der Waals surface area contributed by atoms with Gasteiger partial charge in [-0.25, -0.2) is 0 Å². The summed E-state index contributed by atoms with van der Waals surface area (Å²) in [4.78, 5) is 21.4. The first-order chi connectivity index (χ1) is 6.24. The van der Waals surface area contributed by atoms with Gasteiger partial charge in [0.2, 0.25) is 0 Å². The number of fused-ring (bicyclic) bond motifs is 2. The molecule has 0 aromatic heterocycles. The number of hydrogen-bond donors (Lipinski definition) is 0. The van der Waals surface area contributed by atoms with E-state index in [4.69, 9.17) is 0 Å². The van der Waals surface area contributed by atoms with Crippen LogP contribution in [-0.4, -0.2) is 12.4 Å². The van der Waals surface area contributed by atoms with Gasteiger partial charge in [0, 0.05) is 0 Å². The SMILES string of the molecule is CC1C2C=CC(C2)C1C(=O)OC=O. The van der Waals surface area contributed by atoms with E-state index in [0.717, 1.165) is 6.42 Å². The lowest BCUT2D eigenvalue weighted by atomic mass is 9.84. The second-order valence-electron chi connectivity index (χ2n) is 3.87. The number of carbonyl (C=O) groups is 2. The third-order valence-corrected chi connectivity index (χ3v) is 3.29. The third kappa shape index (κ3) is 1.19. The standard InChI is InChI=1S/C10H12O3/c1-6-7-2-3-8(4-7)9(6)10(12)13-5-11/h2-3,5-9H,4H2,1H3. The zero-order chi connectivity index (χ0) is 9.42. The van der Waals surface area contributed by atoms with Crippen molar-refractivity contribution in [2.75, 3.05) is 0 Å². The minimum Gasteiger partial charge on any atom is -0.395 e. The molecular weight excluding hydrogens is 168 g/mol. The van der Waals surface area contributed by atoms with E-state index in [1.165, 1.54) is 0 Å². The van der Waals surface area contributed by atoms with Gasteiger partial charge in [0.15, 0.2) is 0 Å². The fourth-order valence-corrected chi connectivity index (χ4v) is 2.58. The number of carbonyl (C=O) groups excluding carboxylic acids is 2. The molecule has 1 saturated carbocycles. The Labute approximate surface area is 76.8 Å². The van der Waals surface area contributed by atoms with Crippen molar-refractivity contribution in [1.29, 1.82) is 0 Å². The highest BCUT2D eigenvalue weighted by molar-refractivity contribution is 5.80. The summed E-state index contributed by atoms with van der Waals surface area (Å²) in [6.45, 7) is 2.27. The van der Waals surface area contributed by atoms with E-state index in [9.17, 15) is 9.59 Å². The summed E-state index contributed by atoms with van der Waals surface area (Å²) >= 11 is 0. The van der Waals surface area contributed by atoms with Crippen LogP contribution >= 0.6 is 0 Å². The number of allylic oxidation sites excluding steroid dienone is 2. The average molecular weight is 180 g/mol. The van der Waals surface area contributed by atoms with Crippen LogP contribution in [0.25, 0.3) is 0 Å². The Morgan fingerprint density at radius 2 is 2.15 bits per heavy atom. The van der Waals surface area contributed by atoms with Crippen LogP contribution in [0.15, 0.2) is 12.2 Å². The molecule has 1 fully saturated rings. The normalized spacial score (nSPS) is 40.7. The molecule has 0 aliphatic heterocycles. The predicted octanol–water partition coefficient (Wildman–Crippen LogP) is 1.14. The molecule has 0 aromatic rings. The molecule has 0 N–H and O–H groups in total. The monoisotopic (exact) mass is 180 g/mol. The van der Waals surface area contributed by atoms with Crippen LogP contribution in [0.3, 0.4) is 0 Å². The topological polar surface area (TPSA) is 43.4 Å². The molecule has 0 heterocycles. The highest BCUT2D eigenvalue weighted by Gasteiger charge is 2.46. The van der Waals surface area contributed by atoms with Crippen LogP contribution < -0.4 is 0 Å². The predicted molar refractivity (Wildman–Crippen MR) is 45.5 cm³/mol. The van der Waals surface area contributed by atoms with E-state index in [0.29, 0.717) is 17.8 Å². The molecule has 0 saturated heterocycles. The molecule has 2 bridgehead atoms. The van der Waals surface area contributed by atoms with E-state index in [1.807, 2.05) is 6.92 Å². The van der Waals surface area contributed by atoms with Gasteiger partial charge >= 0.3 is 12.4 Å². The van der Waals surface area contributed by atoms with Crippen molar-refractivity contribution in [1.82, 2.24) is 0 Å². The van der Waals surface area contributed by atoms with Crippen LogP contribution in [0.4, 0.5) is 0 Å². The fourth-order valence-electron chi connectivity index (χ4n) is 2.58. The van der Waals surface area contributed by atoms with E-state index in [2.05, 4.69) is 16.9 Å². The summed E-state index contributed by atoms with van der Waals surface area (Å²) in [6, 6.07) is 0. The molecule has 2 aliphatic carbocycles. The van der Waals surface area contributed by atoms with Gasteiger partial charge in [0.25, 0.3) is 0 Å². The van der Waals surface area contributed by atoms with Crippen LogP contribution in [0.1, 0.15) is 13.3 Å². The highest BCUT2D eigenvalue weighted by atomic mass is 16.6. The van der Waals surface area contributed by atoms with E-state index in [1.54, 1.807) is 0 Å². The van der Waals surface area contributed by atoms with E-state index in [-0.39, 0.29) is 18.4 Å². The van der Waals surface area contributed by atoms with Crippen LogP contribution in [0.2, 0.25) is 0 Å². The first-order valence-corrected chi connectivity index (χ1v) is 4.56. The molecule has 2 aliphatic rings. The van der Waals surface area contributed by atoms with Gasteiger partial charge in [0.1, 0.15) is 0 Å². The van der Waals surface area contributed by atoms with Gasteiger partial charge in [-0.2, -0.15) is 0 Å². The van der Waals surface area contributed by atoms with E-state index >= 15 is 0 Å². The molecular formula is C10H12O3. The summed E-state index contributed by atoms with van der Waals surface area (Å²) in [5, 5.41) is 0. The quantitative estimate of drug-likeness (QED) is 0.277. The molecule has 70 valence electrons. The van der Waals surface area contributed by atoms with Crippen LogP contribution in [-0.2, 0) is 14.3 Å². The van der Waals surface area contributed by atoms with Gasteiger partial charge in [0.05, 0.1) is 5.92 Å². The Hall–Kier alpha value is -1.12. The molecule has 4 unspecified atom stereocenters. The molecule has 3 heteroatoms. The first kappa shape index (κ1) is 8.48. The smallest absolute Gasteiger partial charge is 0.317 e. The molecule has 4 atom stereocenters. The molecule has 2 rings (SSSR count). The van der Waals surface area contributed by atoms with Crippen LogP contribution in [0.5, 0.6) is 0 Å². The Bertz CT molecular complexity index is 269. The van der Waals surface area contributed by atoms with Crippen molar-refractivity contribution >= 4 is 12.4 Å². The maximum Gasteiger partial charge on any atom is 0.317 e. The van der Waals surface area contributed by atoms with E-state index < -0.39 is 0 Å². The first-order valence-electron chi connectivity index (χ1n) is 4.56. The maximum absolute atomic E-state index is 11.4. The molecule has 0 spiro atoms. The number of esters is 1. The maximum atomic E-state index is 11.4. The lowest BCUT2D eigenvalue weighted by molar-refractivity contribution is -0.156. The Balaban J connectivity index is 2.12. The Kier molecular flexibility index (Phi) is 1.94. The van der Waals surface area contributed by atoms with Crippen molar-refractivity contribution < 1.29 is 14.3 Å². The zero-order valence-electron chi connectivity index (χ0n) is 7.47. The molecule has 13 heavy (non-hydrogen) atoms. The summed E-state index contributed by atoms with van der Waals surface area (Å²) in [6.07, 6.45) is 5.28. The lowest BCUT2D eigenvalue weighted by Gasteiger charge is -2.21. The average Bonchev–Trinajstić information content (AvgIpc) is 2.63. The molecule has 0 radical (unpaired) electrons. The molecule has 0 amide bonds. The van der Waals surface area contributed by atoms with Crippen LogP contribution in [0, 0.1) is 23.7 Å². The molecule has 0 aromatic carbocycles.